The molecule has 7 heteroatoms. The summed E-state index contributed by atoms with van der Waals surface area (Å²) in [6, 6.07) is 10.7. The molecule has 0 amide bonds. The van der Waals surface area contributed by atoms with E-state index in [1.165, 1.54) is 30.3 Å². The molecule has 122 valence electrons. The van der Waals surface area contributed by atoms with Gasteiger partial charge >= 0.3 is 11.7 Å². The molecule has 0 aliphatic rings. The van der Waals surface area contributed by atoms with Crippen LogP contribution in [0.1, 0.15) is 17.3 Å². The first-order valence-corrected chi connectivity index (χ1v) is 7.61. The molecular formula is C17H13ClN2O4. The maximum atomic E-state index is 12.6. The van der Waals surface area contributed by atoms with Crippen molar-refractivity contribution < 1.29 is 9.53 Å². The molecule has 1 aromatic heterocycles. The second-order valence-electron chi connectivity index (χ2n) is 5.03. The Labute approximate surface area is 141 Å². The highest BCUT2D eigenvalue weighted by Gasteiger charge is 2.11. The highest BCUT2D eigenvalue weighted by Crippen LogP contribution is 2.14. The summed E-state index contributed by atoms with van der Waals surface area (Å²) < 4.78 is 5.91. The number of hydrogen-bond acceptors (Lipinski definition) is 4. The Morgan fingerprint density at radius 3 is 2.54 bits per heavy atom. The maximum Gasteiger partial charge on any atom is 0.338 e. The van der Waals surface area contributed by atoms with Gasteiger partial charge in [-0.15, -0.1) is 0 Å². The minimum absolute atomic E-state index is 0.271. The summed E-state index contributed by atoms with van der Waals surface area (Å²) in [4.78, 5) is 39.1. The molecule has 1 N–H and O–H groups in total. The fourth-order valence-electron chi connectivity index (χ4n) is 2.39. The van der Waals surface area contributed by atoms with Crippen LogP contribution in [0.4, 0.5) is 0 Å². The zero-order chi connectivity index (χ0) is 17.3. The summed E-state index contributed by atoms with van der Waals surface area (Å²) >= 11 is 5.88. The summed E-state index contributed by atoms with van der Waals surface area (Å²) in [6.07, 6.45) is 0. The zero-order valence-electron chi connectivity index (χ0n) is 12.7. The first kappa shape index (κ1) is 16.0. The van der Waals surface area contributed by atoms with E-state index < -0.39 is 17.2 Å². The van der Waals surface area contributed by atoms with Crippen molar-refractivity contribution in [1.82, 2.24) is 9.55 Å². The molecule has 0 atom stereocenters. The van der Waals surface area contributed by atoms with Crippen LogP contribution in [-0.4, -0.2) is 22.1 Å². The third-order valence-electron chi connectivity index (χ3n) is 3.50. The third-order valence-corrected chi connectivity index (χ3v) is 3.73. The van der Waals surface area contributed by atoms with E-state index in [-0.39, 0.29) is 6.61 Å². The van der Waals surface area contributed by atoms with Crippen LogP contribution in [-0.2, 0) is 4.74 Å². The van der Waals surface area contributed by atoms with Gasteiger partial charge in [0.15, 0.2) is 0 Å². The lowest BCUT2D eigenvalue weighted by Crippen LogP contribution is -2.33. The summed E-state index contributed by atoms with van der Waals surface area (Å²) in [5, 5.41) is 0.766. The van der Waals surface area contributed by atoms with E-state index in [0.29, 0.717) is 27.2 Å². The van der Waals surface area contributed by atoms with Gasteiger partial charge in [0.1, 0.15) is 0 Å². The van der Waals surface area contributed by atoms with Gasteiger partial charge in [-0.05, 0) is 49.4 Å². The predicted octanol–water partition coefficient (Wildman–Crippen LogP) is 2.51. The Morgan fingerprint density at radius 1 is 1.17 bits per heavy atom. The van der Waals surface area contributed by atoms with Crippen molar-refractivity contribution in [3.63, 3.8) is 0 Å². The van der Waals surface area contributed by atoms with Gasteiger partial charge in [-0.3, -0.25) is 4.79 Å². The summed E-state index contributed by atoms with van der Waals surface area (Å²) in [7, 11) is 0. The maximum absolute atomic E-state index is 12.6. The Bertz CT molecular complexity index is 1040. The number of esters is 1. The Balaban J connectivity index is 2.13. The third kappa shape index (κ3) is 2.83. The molecule has 0 spiro atoms. The highest BCUT2D eigenvalue weighted by atomic mass is 35.5. The first-order valence-electron chi connectivity index (χ1n) is 7.23. The number of halogens is 1. The van der Waals surface area contributed by atoms with Gasteiger partial charge in [-0.1, -0.05) is 11.6 Å². The number of H-pyrrole nitrogens is 1. The number of benzene rings is 2. The number of ether oxygens (including phenoxy) is 1. The molecule has 3 aromatic rings. The quantitative estimate of drug-likeness (QED) is 0.740. The van der Waals surface area contributed by atoms with Crippen molar-refractivity contribution in [3.05, 3.63) is 73.9 Å². The van der Waals surface area contributed by atoms with Crippen LogP contribution in [0.3, 0.4) is 0 Å². The standard InChI is InChI=1S/C17H13ClN2O4/c1-2-24-16(22)10-3-6-12(7-4-10)20-15(21)13-8-5-11(18)9-14(13)19-17(20)23/h3-9H,2H2,1H3,(H,19,23). The topological polar surface area (TPSA) is 81.2 Å². The lowest BCUT2D eigenvalue weighted by atomic mass is 10.2. The molecule has 0 radical (unpaired) electrons. The Morgan fingerprint density at radius 2 is 1.88 bits per heavy atom. The molecule has 6 nitrogen and oxygen atoms in total. The lowest BCUT2D eigenvalue weighted by Gasteiger charge is -2.07. The monoisotopic (exact) mass is 344 g/mol. The van der Waals surface area contributed by atoms with Crippen LogP contribution in [0.25, 0.3) is 16.6 Å². The van der Waals surface area contributed by atoms with E-state index in [1.807, 2.05) is 0 Å². The van der Waals surface area contributed by atoms with Crippen molar-refractivity contribution in [2.45, 2.75) is 6.92 Å². The number of aromatic amines is 1. The average molecular weight is 345 g/mol. The zero-order valence-corrected chi connectivity index (χ0v) is 13.5. The normalized spacial score (nSPS) is 10.8. The second kappa shape index (κ2) is 6.33. The molecule has 0 fully saturated rings. The van der Waals surface area contributed by atoms with E-state index >= 15 is 0 Å². The van der Waals surface area contributed by atoms with Crippen molar-refractivity contribution in [1.29, 1.82) is 0 Å². The van der Waals surface area contributed by atoms with Crippen LogP contribution in [0.5, 0.6) is 0 Å². The molecule has 0 saturated heterocycles. The number of aromatic nitrogens is 2. The molecule has 0 saturated carbocycles. The van der Waals surface area contributed by atoms with E-state index in [2.05, 4.69) is 4.98 Å². The van der Waals surface area contributed by atoms with Gasteiger partial charge in [0.2, 0.25) is 0 Å². The molecule has 24 heavy (non-hydrogen) atoms. The number of rotatable bonds is 3. The van der Waals surface area contributed by atoms with Gasteiger partial charge in [0, 0.05) is 5.02 Å². The van der Waals surface area contributed by atoms with Gasteiger partial charge in [-0.2, -0.15) is 0 Å². The average Bonchev–Trinajstić information content (AvgIpc) is 2.55. The lowest BCUT2D eigenvalue weighted by molar-refractivity contribution is 0.0526. The molecule has 0 unspecified atom stereocenters. The number of hydrogen-bond donors (Lipinski definition) is 1. The largest absolute Gasteiger partial charge is 0.462 e. The van der Waals surface area contributed by atoms with Gasteiger partial charge < -0.3 is 9.72 Å². The summed E-state index contributed by atoms with van der Waals surface area (Å²) in [6.45, 7) is 1.99. The Kier molecular flexibility index (Phi) is 4.22. The molecular weight excluding hydrogens is 332 g/mol. The number of carbonyl (C=O) groups excluding carboxylic acids is 1. The van der Waals surface area contributed by atoms with E-state index in [0.717, 1.165) is 4.57 Å². The van der Waals surface area contributed by atoms with E-state index in [1.54, 1.807) is 19.1 Å². The van der Waals surface area contributed by atoms with E-state index in [9.17, 15) is 14.4 Å². The minimum atomic E-state index is -0.585. The summed E-state index contributed by atoms with van der Waals surface area (Å²) in [5.41, 5.74) is 0.0219. The van der Waals surface area contributed by atoms with Crippen LogP contribution in [0.15, 0.2) is 52.1 Å². The summed E-state index contributed by atoms with van der Waals surface area (Å²) in [5.74, 6) is -0.460. The fraction of sp³-hybridized carbons (Fsp3) is 0.118. The molecule has 0 aliphatic heterocycles. The minimum Gasteiger partial charge on any atom is -0.462 e. The highest BCUT2D eigenvalue weighted by molar-refractivity contribution is 6.31. The predicted molar refractivity (Wildman–Crippen MR) is 91.1 cm³/mol. The van der Waals surface area contributed by atoms with Crippen LogP contribution in [0.2, 0.25) is 5.02 Å². The van der Waals surface area contributed by atoms with Crippen LogP contribution < -0.4 is 11.2 Å². The molecule has 2 aromatic carbocycles. The van der Waals surface area contributed by atoms with Gasteiger partial charge in [0.05, 0.1) is 28.8 Å². The number of carbonyl (C=O) groups is 1. The number of nitrogens with one attached hydrogen (secondary N) is 1. The smallest absolute Gasteiger partial charge is 0.338 e. The van der Waals surface area contributed by atoms with Crippen LogP contribution in [0, 0.1) is 0 Å². The molecule has 0 aliphatic carbocycles. The number of fused-ring (bicyclic) bond motifs is 1. The van der Waals surface area contributed by atoms with Crippen LogP contribution >= 0.6 is 11.6 Å². The first-order chi connectivity index (χ1) is 11.5. The van der Waals surface area contributed by atoms with Crippen molar-refractivity contribution in [3.8, 4) is 5.69 Å². The molecule has 0 bridgehead atoms. The fourth-order valence-corrected chi connectivity index (χ4v) is 2.56. The molecule has 1 heterocycles. The Hall–Kier alpha value is -2.86. The molecule has 3 rings (SSSR count). The second-order valence-corrected chi connectivity index (χ2v) is 5.46. The van der Waals surface area contributed by atoms with Crippen molar-refractivity contribution in [2.24, 2.45) is 0 Å². The SMILES string of the molecule is CCOC(=O)c1ccc(-n2c(=O)[nH]c3cc(Cl)ccc3c2=O)cc1. The van der Waals surface area contributed by atoms with Crippen molar-refractivity contribution in [2.75, 3.05) is 6.61 Å². The van der Waals surface area contributed by atoms with Crippen molar-refractivity contribution >= 4 is 28.5 Å². The van der Waals surface area contributed by atoms with Gasteiger partial charge in [0.25, 0.3) is 5.56 Å². The number of nitrogens with zero attached hydrogens (tertiary/aromatic N) is 1. The van der Waals surface area contributed by atoms with Gasteiger partial charge in [-0.25, -0.2) is 14.2 Å². The van der Waals surface area contributed by atoms with E-state index in [4.69, 9.17) is 16.3 Å².